The van der Waals surface area contributed by atoms with E-state index in [2.05, 4.69) is 36.0 Å². The topological polar surface area (TPSA) is 18.5 Å². The molecule has 0 aromatic heterocycles. The Morgan fingerprint density at radius 2 is 2.00 bits per heavy atom. The monoisotopic (exact) mass is 325 g/mol. The van der Waals surface area contributed by atoms with Crippen LogP contribution < -0.4 is 5.32 Å². The Kier molecular flexibility index (Phi) is 5.63. The maximum Gasteiger partial charge on any atom is 0.270 e. The summed E-state index contributed by atoms with van der Waals surface area (Å²) in [4.78, 5) is 4.71. The largest absolute Gasteiger partial charge is 0.388 e. The number of alkyl halides is 2. The van der Waals surface area contributed by atoms with Crippen molar-refractivity contribution in [3.8, 4) is 0 Å². The number of nitrogens with one attached hydrogen (secondary N) is 1. The van der Waals surface area contributed by atoms with Gasteiger partial charge in [0.2, 0.25) is 0 Å². The second-order valence-electron chi connectivity index (χ2n) is 6.78. The Labute approximate surface area is 138 Å². The molecule has 3 nitrogen and oxygen atoms in total. The van der Waals surface area contributed by atoms with E-state index in [0.717, 1.165) is 37.7 Å². The van der Waals surface area contributed by atoms with Crippen molar-refractivity contribution in [2.24, 2.45) is 0 Å². The molecule has 2 rings (SSSR count). The van der Waals surface area contributed by atoms with Crippen molar-refractivity contribution in [2.45, 2.75) is 51.7 Å². The van der Waals surface area contributed by atoms with Crippen LogP contribution in [-0.2, 0) is 12.5 Å². The number of likely N-dealkylation sites (N-methyl/N-ethyl adjacent to an activating group) is 1. The van der Waals surface area contributed by atoms with E-state index in [1.807, 2.05) is 12.1 Å². The van der Waals surface area contributed by atoms with E-state index in [1.54, 1.807) is 13.1 Å². The van der Waals surface area contributed by atoms with Gasteiger partial charge >= 0.3 is 0 Å². The van der Waals surface area contributed by atoms with Gasteiger partial charge in [-0.25, -0.2) is 8.78 Å². The number of anilines is 1. The van der Waals surface area contributed by atoms with E-state index >= 15 is 0 Å². The first kappa shape index (κ1) is 18.1. The lowest BCUT2D eigenvalue weighted by atomic mass is 9.99. The quantitative estimate of drug-likeness (QED) is 0.889. The molecular formula is C18H29F2N3. The molecule has 130 valence electrons. The number of hydrogen-bond acceptors (Lipinski definition) is 3. The van der Waals surface area contributed by atoms with E-state index in [-0.39, 0.29) is 5.56 Å². The second-order valence-corrected chi connectivity index (χ2v) is 6.78. The van der Waals surface area contributed by atoms with Crippen molar-refractivity contribution in [3.63, 3.8) is 0 Å². The second kappa shape index (κ2) is 7.14. The number of halogens is 2. The fraction of sp³-hybridized carbons (Fsp3) is 0.667. The predicted molar refractivity (Wildman–Crippen MR) is 92.1 cm³/mol. The van der Waals surface area contributed by atoms with Crippen LogP contribution in [0.4, 0.5) is 14.5 Å². The number of benzene rings is 1. The SMILES string of the molecule is CCC1CN(Cc2ccc(NC)cc2C(C)(F)F)CC(C)N1C. The van der Waals surface area contributed by atoms with Crippen molar-refractivity contribution in [1.82, 2.24) is 9.80 Å². The molecule has 1 aliphatic rings. The molecule has 2 unspecified atom stereocenters. The molecule has 1 aromatic rings. The third-order valence-corrected chi connectivity index (χ3v) is 5.00. The van der Waals surface area contributed by atoms with Gasteiger partial charge in [0.1, 0.15) is 0 Å². The first-order chi connectivity index (χ1) is 10.8. The lowest BCUT2D eigenvalue weighted by molar-refractivity contribution is 0.0136. The van der Waals surface area contributed by atoms with Gasteiger partial charge in [0.25, 0.3) is 5.92 Å². The Bertz CT molecular complexity index is 527. The van der Waals surface area contributed by atoms with E-state index in [1.165, 1.54) is 0 Å². The maximum atomic E-state index is 14.0. The molecule has 1 N–H and O–H groups in total. The minimum atomic E-state index is -2.83. The Morgan fingerprint density at radius 3 is 2.57 bits per heavy atom. The van der Waals surface area contributed by atoms with Gasteiger partial charge in [-0.15, -0.1) is 0 Å². The number of nitrogens with zero attached hydrogens (tertiary/aromatic N) is 2. The molecule has 0 aliphatic carbocycles. The molecular weight excluding hydrogens is 296 g/mol. The predicted octanol–water partition coefficient (Wildman–Crippen LogP) is 3.75. The summed E-state index contributed by atoms with van der Waals surface area (Å²) in [6, 6.07) is 6.22. The number of hydrogen-bond donors (Lipinski definition) is 1. The highest BCUT2D eigenvalue weighted by molar-refractivity contribution is 5.49. The molecule has 0 radical (unpaired) electrons. The summed E-state index contributed by atoms with van der Waals surface area (Å²) < 4.78 is 28.0. The zero-order valence-corrected chi connectivity index (χ0v) is 14.9. The normalized spacial score (nSPS) is 24.0. The van der Waals surface area contributed by atoms with Crippen LogP contribution in [0.1, 0.15) is 38.3 Å². The third kappa shape index (κ3) is 4.21. The number of rotatable bonds is 5. The summed E-state index contributed by atoms with van der Waals surface area (Å²) >= 11 is 0. The summed E-state index contributed by atoms with van der Waals surface area (Å²) in [5.41, 5.74) is 1.58. The molecule has 5 heteroatoms. The van der Waals surface area contributed by atoms with Crippen molar-refractivity contribution in [1.29, 1.82) is 0 Å². The van der Waals surface area contributed by atoms with Gasteiger partial charge in [0.05, 0.1) is 0 Å². The average molecular weight is 325 g/mol. The van der Waals surface area contributed by atoms with E-state index in [4.69, 9.17) is 0 Å². The highest BCUT2D eigenvalue weighted by atomic mass is 19.3. The molecule has 0 saturated carbocycles. The Hall–Kier alpha value is -1.20. The molecule has 1 heterocycles. The van der Waals surface area contributed by atoms with Crippen molar-refractivity contribution >= 4 is 5.69 Å². The fourth-order valence-corrected chi connectivity index (χ4v) is 3.43. The van der Waals surface area contributed by atoms with Crippen LogP contribution in [0.3, 0.4) is 0 Å². The van der Waals surface area contributed by atoms with E-state index < -0.39 is 5.92 Å². The Balaban J connectivity index is 2.22. The van der Waals surface area contributed by atoms with Gasteiger partial charge in [-0.2, -0.15) is 0 Å². The molecule has 1 aromatic carbocycles. The van der Waals surface area contributed by atoms with Gasteiger partial charge in [-0.3, -0.25) is 9.80 Å². The molecule has 1 aliphatic heterocycles. The van der Waals surface area contributed by atoms with Gasteiger partial charge in [0.15, 0.2) is 0 Å². The average Bonchev–Trinajstić information content (AvgIpc) is 2.50. The molecule has 1 fully saturated rings. The van der Waals surface area contributed by atoms with E-state index in [0.29, 0.717) is 18.6 Å². The highest BCUT2D eigenvalue weighted by Crippen LogP contribution is 2.33. The molecule has 1 saturated heterocycles. The molecule has 0 amide bonds. The van der Waals surface area contributed by atoms with Crippen LogP contribution in [0, 0.1) is 0 Å². The highest BCUT2D eigenvalue weighted by Gasteiger charge is 2.31. The van der Waals surface area contributed by atoms with Crippen LogP contribution in [0.2, 0.25) is 0 Å². The van der Waals surface area contributed by atoms with Crippen molar-refractivity contribution < 1.29 is 8.78 Å². The van der Waals surface area contributed by atoms with Crippen LogP contribution in [-0.4, -0.2) is 49.1 Å². The fourth-order valence-electron chi connectivity index (χ4n) is 3.43. The standard InChI is InChI=1S/C18H29F2N3/c1-6-16-12-23(10-13(2)22(16)5)11-14-7-8-15(21-4)9-17(14)18(3,19)20/h7-9,13,16,21H,6,10-12H2,1-5H3. The summed E-state index contributed by atoms with van der Waals surface area (Å²) in [6.45, 7) is 7.79. The van der Waals surface area contributed by atoms with Gasteiger partial charge < -0.3 is 5.32 Å². The van der Waals surface area contributed by atoms with Gasteiger partial charge in [-0.05, 0) is 38.1 Å². The smallest absolute Gasteiger partial charge is 0.270 e. The van der Waals surface area contributed by atoms with E-state index in [9.17, 15) is 8.78 Å². The first-order valence-corrected chi connectivity index (χ1v) is 8.39. The van der Waals surface area contributed by atoms with Crippen LogP contribution in [0.5, 0.6) is 0 Å². The molecule has 2 atom stereocenters. The first-order valence-electron chi connectivity index (χ1n) is 8.39. The van der Waals surface area contributed by atoms with Gasteiger partial charge in [-0.1, -0.05) is 13.0 Å². The molecule has 0 spiro atoms. The molecule has 23 heavy (non-hydrogen) atoms. The van der Waals surface area contributed by atoms with Crippen molar-refractivity contribution in [3.05, 3.63) is 29.3 Å². The zero-order chi connectivity index (χ0) is 17.2. The maximum absolute atomic E-state index is 14.0. The lowest BCUT2D eigenvalue weighted by Crippen LogP contribution is -2.55. The van der Waals surface area contributed by atoms with Crippen LogP contribution >= 0.6 is 0 Å². The van der Waals surface area contributed by atoms with Crippen LogP contribution in [0.15, 0.2) is 18.2 Å². The summed E-state index contributed by atoms with van der Waals surface area (Å²) in [5.74, 6) is -2.83. The van der Waals surface area contributed by atoms with Gasteiger partial charge in [0, 0.05) is 56.9 Å². The lowest BCUT2D eigenvalue weighted by Gasteiger charge is -2.44. The Morgan fingerprint density at radius 1 is 1.30 bits per heavy atom. The van der Waals surface area contributed by atoms with Crippen LogP contribution in [0.25, 0.3) is 0 Å². The zero-order valence-electron chi connectivity index (χ0n) is 14.9. The van der Waals surface area contributed by atoms with Crippen molar-refractivity contribution in [2.75, 3.05) is 32.5 Å². The summed E-state index contributed by atoms with van der Waals surface area (Å²) in [6.07, 6.45) is 1.08. The third-order valence-electron chi connectivity index (χ3n) is 5.00. The minimum absolute atomic E-state index is 0.129. The minimum Gasteiger partial charge on any atom is -0.388 e. The summed E-state index contributed by atoms with van der Waals surface area (Å²) in [7, 11) is 3.91. The summed E-state index contributed by atoms with van der Waals surface area (Å²) in [5, 5.41) is 2.95. The number of piperazine rings is 1. The molecule has 0 bridgehead atoms.